The number of piperidine rings is 1. The third-order valence-electron chi connectivity index (χ3n) is 5.91. The average molecular weight is 406 g/mol. The molecule has 1 aliphatic rings. The zero-order valence-corrected chi connectivity index (χ0v) is 19.5. The number of carbonyl (C=O) groups is 2. The van der Waals surface area contributed by atoms with Gasteiger partial charge in [0.25, 0.3) is 5.91 Å². The SMILES string of the molecule is CCCCN(C(=O)c1[nH]c(CC)c(C(=O)OC)c1C)C1CC(C)(C)NC(C)(C)C1. The van der Waals surface area contributed by atoms with Gasteiger partial charge in [-0.25, -0.2) is 4.79 Å². The summed E-state index contributed by atoms with van der Waals surface area (Å²) in [4.78, 5) is 31.3. The van der Waals surface area contributed by atoms with Crippen LogP contribution in [-0.2, 0) is 11.2 Å². The van der Waals surface area contributed by atoms with Crippen molar-refractivity contribution in [1.29, 1.82) is 0 Å². The van der Waals surface area contributed by atoms with Gasteiger partial charge >= 0.3 is 5.97 Å². The number of hydrogen-bond acceptors (Lipinski definition) is 4. The van der Waals surface area contributed by atoms with Crippen molar-refractivity contribution in [2.45, 2.75) is 97.7 Å². The molecule has 1 fully saturated rings. The number of carbonyl (C=O) groups excluding carboxylic acids is 2. The molecule has 1 saturated heterocycles. The summed E-state index contributed by atoms with van der Waals surface area (Å²) in [6, 6.07) is 0.148. The summed E-state index contributed by atoms with van der Waals surface area (Å²) >= 11 is 0. The Morgan fingerprint density at radius 3 is 2.21 bits per heavy atom. The Morgan fingerprint density at radius 1 is 1.14 bits per heavy atom. The van der Waals surface area contributed by atoms with Crippen molar-refractivity contribution in [3.05, 3.63) is 22.5 Å². The Bertz CT molecular complexity index is 733. The third-order valence-corrected chi connectivity index (χ3v) is 5.91. The van der Waals surface area contributed by atoms with Gasteiger partial charge in [-0.15, -0.1) is 0 Å². The van der Waals surface area contributed by atoms with Gasteiger partial charge in [0.1, 0.15) is 5.69 Å². The fourth-order valence-corrected chi connectivity index (χ4v) is 4.93. The number of rotatable bonds is 7. The van der Waals surface area contributed by atoms with Crippen LogP contribution in [-0.4, -0.2) is 52.5 Å². The van der Waals surface area contributed by atoms with E-state index in [1.807, 2.05) is 18.7 Å². The molecule has 0 saturated carbocycles. The molecule has 164 valence electrons. The lowest BCUT2D eigenvalue weighted by molar-refractivity contribution is 0.0436. The number of aromatic amines is 1. The number of aromatic nitrogens is 1. The molecule has 0 bridgehead atoms. The van der Waals surface area contributed by atoms with Gasteiger partial charge in [-0.05, 0) is 65.9 Å². The van der Waals surface area contributed by atoms with Crippen LogP contribution < -0.4 is 5.32 Å². The zero-order valence-electron chi connectivity index (χ0n) is 19.5. The minimum absolute atomic E-state index is 0.0145. The monoisotopic (exact) mass is 405 g/mol. The highest BCUT2D eigenvalue weighted by atomic mass is 16.5. The number of H-pyrrole nitrogens is 1. The Kier molecular flexibility index (Phi) is 7.20. The van der Waals surface area contributed by atoms with Gasteiger partial charge in [0, 0.05) is 29.4 Å². The lowest BCUT2D eigenvalue weighted by Gasteiger charge is -2.49. The molecule has 6 heteroatoms. The maximum absolute atomic E-state index is 13.7. The molecule has 2 N–H and O–H groups in total. The topological polar surface area (TPSA) is 74.4 Å². The predicted octanol–water partition coefficient (Wildman–Crippen LogP) is 4.22. The molecule has 1 amide bonds. The number of methoxy groups -OCH3 is 1. The molecule has 29 heavy (non-hydrogen) atoms. The lowest BCUT2D eigenvalue weighted by atomic mass is 9.79. The van der Waals surface area contributed by atoms with Crippen LogP contribution in [0.4, 0.5) is 0 Å². The van der Waals surface area contributed by atoms with Crippen LogP contribution in [0.15, 0.2) is 0 Å². The van der Waals surface area contributed by atoms with Gasteiger partial charge in [-0.3, -0.25) is 4.79 Å². The van der Waals surface area contributed by atoms with E-state index in [9.17, 15) is 9.59 Å². The smallest absolute Gasteiger partial charge is 0.339 e. The summed E-state index contributed by atoms with van der Waals surface area (Å²) in [6.45, 7) is 15.5. The Balaban J connectivity index is 2.44. The van der Waals surface area contributed by atoms with E-state index in [1.165, 1.54) is 7.11 Å². The fraction of sp³-hybridized carbons (Fsp3) is 0.739. The summed E-state index contributed by atoms with van der Waals surface area (Å²) in [6.07, 6.45) is 4.42. The van der Waals surface area contributed by atoms with Gasteiger partial charge in [0.2, 0.25) is 0 Å². The number of nitrogens with one attached hydrogen (secondary N) is 2. The highest BCUT2D eigenvalue weighted by Gasteiger charge is 2.41. The number of aryl methyl sites for hydroxylation is 1. The number of hydrogen-bond donors (Lipinski definition) is 2. The highest BCUT2D eigenvalue weighted by molar-refractivity contribution is 6.00. The van der Waals surface area contributed by atoms with Crippen molar-refractivity contribution in [3.8, 4) is 0 Å². The van der Waals surface area contributed by atoms with Crippen molar-refractivity contribution in [1.82, 2.24) is 15.2 Å². The normalized spacial score (nSPS) is 18.5. The average Bonchev–Trinajstić information content (AvgIpc) is 2.95. The molecule has 1 aromatic rings. The molecule has 0 spiro atoms. The zero-order chi connectivity index (χ0) is 22.0. The number of esters is 1. The fourth-order valence-electron chi connectivity index (χ4n) is 4.93. The summed E-state index contributed by atoms with van der Waals surface area (Å²) < 4.78 is 4.96. The van der Waals surface area contributed by atoms with Crippen LogP contribution in [0.2, 0.25) is 0 Å². The molecule has 0 unspecified atom stereocenters. The summed E-state index contributed by atoms with van der Waals surface area (Å²) in [5.41, 5.74) is 2.38. The second-order valence-corrected chi connectivity index (χ2v) is 9.63. The van der Waals surface area contributed by atoms with Gasteiger partial charge in [-0.1, -0.05) is 20.3 Å². The van der Waals surface area contributed by atoms with Gasteiger partial charge in [0.15, 0.2) is 0 Å². The Labute approximate surface area is 175 Å². The van der Waals surface area contributed by atoms with Gasteiger partial charge in [-0.2, -0.15) is 0 Å². The van der Waals surface area contributed by atoms with E-state index in [0.717, 1.165) is 37.9 Å². The van der Waals surface area contributed by atoms with E-state index in [2.05, 4.69) is 44.9 Å². The molecule has 0 radical (unpaired) electrons. The van der Waals surface area contributed by atoms with Crippen molar-refractivity contribution < 1.29 is 14.3 Å². The van der Waals surface area contributed by atoms with Crippen molar-refractivity contribution in [2.24, 2.45) is 0 Å². The second kappa shape index (κ2) is 8.90. The van der Waals surface area contributed by atoms with E-state index in [-0.39, 0.29) is 29.0 Å². The summed E-state index contributed by atoms with van der Waals surface area (Å²) in [7, 11) is 1.38. The van der Waals surface area contributed by atoms with Crippen LogP contribution in [0.1, 0.15) is 99.3 Å². The van der Waals surface area contributed by atoms with E-state index >= 15 is 0 Å². The Hall–Kier alpha value is -1.82. The first kappa shape index (κ1) is 23.5. The first-order valence-corrected chi connectivity index (χ1v) is 10.9. The maximum Gasteiger partial charge on any atom is 0.339 e. The first-order chi connectivity index (χ1) is 13.5. The summed E-state index contributed by atoms with van der Waals surface area (Å²) in [5, 5.41) is 3.70. The maximum atomic E-state index is 13.7. The number of amides is 1. The third kappa shape index (κ3) is 5.21. The lowest BCUT2D eigenvalue weighted by Crippen LogP contribution is -2.63. The van der Waals surface area contributed by atoms with E-state index < -0.39 is 0 Å². The molecule has 0 aliphatic carbocycles. The molecule has 0 atom stereocenters. The minimum Gasteiger partial charge on any atom is -0.465 e. The van der Waals surface area contributed by atoms with Gasteiger partial charge in [0.05, 0.1) is 12.7 Å². The minimum atomic E-state index is -0.390. The summed E-state index contributed by atoms with van der Waals surface area (Å²) in [5.74, 6) is -0.404. The predicted molar refractivity (Wildman–Crippen MR) is 117 cm³/mol. The van der Waals surface area contributed by atoms with Crippen molar-refractivity contribution in [2.75, 3.05) is 13.7 Å². The largest absolute Gasteiger partial charge is 0.465 e. The molecule has 6 nitrogen and oxygen atoms in total. The molecule has 1 aromatic heterocycles. The molecule has 1 aliphatic heterocycles. The Morgan fingerprint density at radius 2 is 1.72 bits per heavy atom. The number of unbranched alkanes of at least 4 members (excludes halogenated alkanes) is 1. The van der Waals surface area contributed by atoms with E-state index in [0.29, 0.717) is 23.2 Å². The quantitative estimate of drug-likeness (QED) is 0.666. The van der Waals surface area contributed by atoms with Crippen molar-refractivity contribution >= 4 is 11.9 Å². The standard InChI is InChI=1S/C23H39N3O3/c1-9-11-12-26(16-13-22(4,5)25-23(6,7)14-16)20(27)19-15(3)18(21(28)29-8)17(10-2)24-19/h16,24-25H,9-14H2,1-8H3. The van der Waals surface area contributed by atoms with E-state index in [4.69, 9.17) is 4.74 Å². The van der Waals surface area contributed by atoms with Crippen molar-refractivity contribution in [3.63, 3.8) is 0 Å². The first-order valence-electron chi connectivity index (χ1n) is 10.9. The molecular formula is C23H39N3O3. The van der Waals surface area contributed by atoms with Crippen LogP contribution >= 0.6 is 0 Å². The van der Waals surface area contributed by atoms with Crippen LogP contribution in [0, 0.1) is 6.92 Å². The molecule has 2 heterocycles. The molecule has 0 aromatic carbocycles. The van der Waals surface area contributed by atoms with Gasteiger partial charge < -0.3 is 19.9 Å². The second-order valence-electron chi connectivity index (χ2n) is 9.63. The van der Waals surface area contributed by atoms with Crippen LogP contribution in [0.5, 0.6) is 0 Å². The number of nitrogens with zero attached hydrogens (tertiary/aromatic N) is 1. The van der Waals surface area contributed by atoms with E-state index in [1.54, 1.807) is 0 Å². The molecular weight excluding hydrogens is 366 g/mol. The molecule has 2 rings (SSSR count). The highest BCUT2D eigenvalue weighted by Crippen LogP contribution is 2.33. The van der Waals surface area contributed by atoms with Crippen LogP contribution in [0.3, 0.4) is 0 Å². The number of ether oxygens (including phenoxy) is 1. The van der Waals surface area contributed by atoms with Crippen LogP contribution in [0.25, 0.3) is 0 Å².